The van der Waals surface area contributed by atoms with E-state index in [2.05, 4.69) is 76.8 Å². The third kappa shape index (κ3) is 17.5. The first-order chi connectivity index (χ1) is 60.6. The van der Waals surface area contributed by atoms with Crippen LogP contribution < -0.4 is 16.0 Å². The van der Waals surface area contributed by atoms with Gasteiger partial charge in [-0.2, -0.15) is 0 Å². The maximum absolute atomic E-state index is 14.7. The largest absolute Gasteiger partial charge is 0.394 e. The summed E-state index contributed by atoms with van der Waals surface area (Å²) in [6.45, 7) is 1.66. The Balaban J connectivity index is 0.000000166. The topological polar surface area (TPSA) is 415 Å². The molecule has 6 aliphatic carbocycles. The van der Waals surface area contributed by atoms with Crippen molar-refractivity contribution in [3.05, 3.63) is 105 Å². The van der Waals surface area contributed by atoms with Crippen molar-refractivity contribution in [1.82, 2.24) is 74.9 Å². The zero-order chi connectivity index (χ0) is 95.8. The molecule has 6 aromatic heterocycles. The van der Waals surface area contributed by atoms with Crippen LogP contribution in [0.4, 0.5) is 30.6 Å². The normalized spacial score (nSPS) is 33.3. The Morgan fingerprint density at radius 3 is 1.09 bits per heavy atom. The number of halogens is 3. The summed E-state index contributed by atoms with van der Waals surface area (Å²) in [6.07, 6.45) is -11.2. The molecule has 0 spiro atoms. The van der Waals surface area contributed by atoms with Gasteiger partial charge in [-0.15, -0.1) is 15.3 Å². The molecule has 12 N–H and O–H groups in total. The van der Waals surface area contributed by atoms with Crippen LogP contribution in [0.1, 0.15) is 178 Å². The smallest absolute Gasteiger partial charge is 0.191 e. The monoisotopic (exact) mass is 1580 g/mol. The second kappa shape index (κ2) is 35.1. The second-order valence-electron chi connectivity index (χ2n) is 25.8. The molecule has 0 amide bonds. The number of aromatic nitrogens is 15. The van der Waals surface area contributed by atoms with E-state index in [-0.39, 0.29) is 177 Å². The number of hydrogen-bond donors (Lipinski definition) is 12. The molecule has 108 heavy (non-hydrogen) atoms. The quantitative estimate of drug-likeness (QED) is 0.0168. The van der Waals surface area contributed by atoms with Gasteiger partial charge in [0.1, 0.15) is 54.1 Å². The highest BCUT2D eigenvalue weighted by Gasteiger charge is 2.49. The molecular weight excluding hydrogens is 1460 g/mol. The number of nitrogens with one attached hydrogen (secondary N) is 3. The van der Waals surface area contributed by atoms with Crippen molar-refractivity contribution < 1.29 is 103 Å². The molecule has 3 aromatic carbocycles. The Morgan fingerprint density at radius 2 is 0.787 bits per heavy atom. The van der Waals surface area contributed by atoms with Gasteiger partial charge in [-0.3, -0.25) is 0 Å². The minimum absolute atomic E-state index is 0.00920. The number of hydrogen-bond acceptors (Lipinski definition) is 30. The van der Waals surface area contributed by atoms with Crippen LogP contribution in [0.5, 0.6) is 0 Å². The number of anilines is 3. The van der Waals surface area contributed by atoms with E-state index in [9.17, 15) is 54.0 Å². The van der Waals surface area contributed by atoms with Crippen LogP contribution in [-0.4, -0.2) is 251 Å². The Morgan fingerprint density at radius 1 is 0.463 bits per heavy atom. The summed E-state index contributed by atoms with van der Waals surface area (Å²) in [5.74, 6) is -7.68. The Hall–Kier alpha value is -7.14. The number of aliphatic hydroxyl groups excluding tert-OH is 8. The van der Waals surface area contributed by atoms with Crippen molar-refractivity contribution in [1.29, 1.82) is 0 Å². The number of nitrogens with zero attached hydrogens (tertiary/aromatic N) is 15. The summed E-state index contributed by atoms with van der Waals surface area (Å²) < 4.78 is 244. The van der Waals surface area contributed by atoms with Crippen molar-refractivity contribution in [3.8, 4) is 0 Å². The highest BCUT2D eigenvalue weighted by molar-refractivity contribution is 7.99. The maximum Gasteiger partial charge on any atom is 0.191 e. The minimum atomic E-state index is -2.66. The lowest BCUT2D eigenvalue weighted by Gasteiger charge is -2.17. The van der Waals surface area contributed by atoms with E-state index in [4.69, 9.17) is 49.5 Å². The van der Waals surface area contributed by atoms with Gasteiger partial charge in [0.05, 0.1) is 93.8 Å². The van der Waals surface area contributed by atoms with Gasteiger partial charge in [0.25, 0.3) is 0 Å². The van der Waals surface area contributed by atoms with Gasteiger partial charge in [-0.05, 0) is 111 Å². The van der Waals surface area contributed by atoms with Crippen LogP contribution in [-0.2, 0) is 14.2 Å². The predicted octanol–water partition coefficient (Wildman–Crippen LogP) is 6.55. The van der Waals surface area contributed by atoms with Crippen LogP contribution in [0.15, 0.2) is 69.9 Å². The summed E-state index contributed by atoms with van der Waals surface area (Å²) in [6, 6.07) is -9.48. The fourth-order valence-corrected chi connectivity index (χ4v) is 14.2. The molecule has 0 radical (unpaired) electrons. The van der Waals surface area contributed by atoms with Crippen LogP contribution in [0.25, 0.3) is 33.5 Å². The van der Waals surface area contributed by atoms with E-state index >= 15 is 0 Å². The van der Waals surface area contributed by atoms with E-state index in [0.717, 1.165) is 11.8 Å². The third-order valence-corrected chi connectivity index (χ3v) is 20.8. The van der Waals surface area contributed by atoms with Crippen molar-refractivity contribution in [3.63, 3.8) is 0 Å². The highest BCUT2D eigenvalue weighted by atomic mass is 32.2. The fraction of sp³-hybridized carbons (Fsp3) is 0.583. The van der Waals surface area contributed by atoms with Crippen molar-refractivity contribution in [2.75, 3.05) is 72.6 Å². The molecule has 6 heterocycles. The standard InChI is InChI=1S/3C24H31FN6O4S/c3*1-3-8-36-24-27-22(26-16-10-14(16)13-5-4-12(2)15(25)9-13)19-23(28-24)31(30-29-19)17-11-18(35-7-6-32)21(34)20(17)33/h3*4-5,9,14,16-18,20-21,32-34H,3,6-8,10-11H2,1-2H3,(H,26,27,28)/t3*14-,16+,17+,18-,20-,21+/m000/s1/i4D,5D,7D2,8D2,9D,14D;4D,5D,6D2,8D2,9D,14D;4D,5D,8D2,9D,14D. The van der Waals surface area contributed by atoms with Gasteiger partial charge in [0, 0.05) is 84.5 Å². The summed E-state index contributed by atoms with van der Waals surface area (Å²) >= 11 is 2.17. The van der Waals surface area contributed by atoms with E-state index in [1.165, 1.54) is 34.8 Å². The molecule has 6 aliphatic rings. The zero-order valence-electron chi connectivity index (χ0n) is 80.7. The van der Waals surface area contributed by atoms with Crippen molar-refractivity contribution >= 4 is 86.2 Å². The Bertz CT molecular complexity index is 5720. The molecule has 18 atom stereocenters. The maximum atomic E-state index is 14.7. The molecule has 30 nitrogen and oxygen atoms in total. The van der Waals surface area contributed by atoms with Gasteiger partial charge >= 0.3 is 0 Å². The van der Waals surface area contributed by atoms with Crippen LogP contribution >= 0.6 is 35.3 Å². The SMILES string of the molecule is [2H]c1c([2H])c([C@]2([2H])C[C@H]2Nc2nc(SC([2H])([2H])CC)nc3c2nnn3[C@@H]2C[C@H](OC([2H])([2H])CO)[C@@H](O)[C@H]2O)c([2H])c(F)c1C.[2H]c1c([2H])c([C@]2([2H])C[C@H]2Nc2nc(SC([2H])([2H])CC)nc3c2nnn3[C@@H]2C[C@H](OCC([2H])([2H])O)[C@@H](O)[C@H]2O)c([2H])c(F)c1C.[2H]c1c([2H])c([C@]2([2H])C[C@H]2Nc2nc(SC([2H])([2H])CC)nc3c2nnn3[C@@H]2C[C@H](OCCO)[C@@H](O)[C@H]2O)c([2H])c(F)c1C. The average Bonchev–Trinajstić information content (AvgIpc) is 1.56. The summed E-state index contributed by atoms with van der Waals surface area (Å²) in [7, 11) is 0. The molecule has 6 fully saturated rings. The first kappa shape index (κ1) is 55.3. The van der Waals surface area contributed by atoms with Crippen molar-refractivity contribution in [2.24, 2.45) is 0 Å². The van der Waals surface area contributed by atoms with E-state index in [0.29, 0.717) is 23.5 Å². The molecule has 0 bridgehead atoms. The summed E-state index contributed by atoms with van der Waals surface area (Å²) in [5.41, 5.74) is -6.03. The number of thioether (sulfide) groups is 3. The van der Waals surface area contributed by atoms with E-state index < -0.39 is 218 Å². The first-order valence-electron chi connectivity index (χ1n) is 45.5. The lowest BCUT2D eigenvalue weighted by Crippen LogP contribution is -2.33. The zero-order valence-corrected chi connectivity index (χ0v) is 61.1. The number of benzene rings is 3. The highest BCUT2D eigenvalue weighted by Crippen LogP contribution is 2.48. The number of ether oxygens (including phenoxy) is 3. The Labute approximate surface area is 664 Å². The summed E-state index contributed by atoms with van der Waals surface area (Å²) in [5, 5.41) is 125. The number of aliphatic hydroxyl groups is 9. The molecule has 0 saturated heterocycles. The number of fused-ring (bicyclic) bond motifs is 3. The predicted molar refractivity (Wildman–Crippen MR) is 398 cm³/mol. The molecule has 15 rings (SSSR count). The molecular formula is C72H93F3N18O12S3. The van der Waals surface area contributed by atoms with E-state index in [1.807, 2.05) is 0 Å². The van der Waals surface area contributed by atoms with Crippen LogP contribution in [0.3, 0.4) is 0 Å². The molecule has 0 unspecified atom stereocenters. The fourth-order valence-electron chi connectivity index (χ4n) is 12.6. The molecule has 582 valence electrons. The van der Waals surface area contributed by atoms with Gasteiger partial charge in [-0.1, -0.05) is 108 Å². The van der Waals surface area contributed by atoms with Crippen LogP contribution in [0, 0.1) is 38.2 Å². The Kier molecular flexibility index (Phi) is 17.9. The molecule has 6 saturated carbocycles. The first-order valence-corrected chi connectivity index (χ1v) is 37.0. The average molecular weight is 1580 g/mol. The van der Waals surface area contributed by atoms with Gasteiger partial charge in [0.15, 0.2) is 66.4 Å². The van der Waals surface area contributed by atoms with Crippen LogP contribution in [0.2, 0.25) is 0 Å². The van der Waals surface area contributed by atoms with E-state index in [1.54, 1.807) is 20.8 Å². The molecule has 0 aliphatic heterocycles. The molecule has 36 heteroatoms. The second-order valence-corrected chi connectivity index (χ2v) is 28.4. The van der Waals surface area contributed by atoms with Gasteiger partial charge < -0.3 is 76.1 Å². The number of rotatable bonds is 30. The molecule has 9 aromatic rings. The summed E-state index contributed by atoms with van der Waals surface area (Å²) in [4.78, 5) is 26.5. The lowest BCUT2D eigenvalue weighted by atomic mass is 10.1. The minimum Gasteiger partial charge on any atom is -0.394 e. The van der Waals surface area contributed by atoms with Gasteiger partial charge in [-0.25, -0.2) is 57.1 Å². The third-order valence-electron chi connectivity index (χ3n) is 18.4. The van der Waals surface area contributed by atoms with Crippen molar-refractivity contribution in [2.45, 2.75) is 224 Å². The lowest BCUT2D eigenvalue weighted by molar-refractivity contribution is -0.0629. The van der Waals surface area contributed by atoms with Gasteiger partial charge in [0.2, 0.25) is 0 Å².